The van der Waals surface area contributed by atoms with Crippen LogP contribution in [0.2, 0.25) is 0 Å². The third kappa shape index (κ3) is 6.03. The number of nitrogens with two attached hydrogens (primary N) is 1. The highest BCUT2D eigenvalue weighted by atomic mass is 19.1. The molecule has 1 aliphatic heterocycles. The molecule has 2 aromatic carbocycles. The molecule has 3 N–H and O–H groups in total. The Morgan fingerprint density at radius 1 is 1.16 bits per heavy atom. The molecule has 2 aromatic rings. The molecule has 0 aliphatic carbocycles. The van der Waals surface area contributed by atoms with Crippen molar-refractivity contribution in [2.45, 2.75) is 39.5 Å². The lowest BCUT2D eigenvalue weighted by atomic mass is 10.1. The molecule has 0 saturated carbocycles. The van der Waals surface area contributed by atoms with Crippen molar-refractivity contribution in [3.8, 4) is 5.75 Å². The van der Waals surface area contributed by atoms with Crippen LogP contribution in [0.3, 0.4) is 0 Å². The van der Waals surface area contributed by atoms with Crippen LogP contribution in [0, 0.1) is 5.82 Å². The number of anilines is 2. The highest BCUT2D eigenvalue weighted by molar-refractivity contribution is 5.72. The van der Waals surface area contributed by atoms with Crippen LogP contribution >= 0.6 is 0 Å². The van der Waals surface area contributed by atoms with E-state index in [4.69, 9.17) is 15.2 Å². The summed E-state index contributed by atoms with van der Waals surface area (Å²) in [7, 11) is 1.62. The number of hydrogen-bond donors (Lipinski definition) is 2. The van der Waals surface area contributed by atoms with Crippen molar-refractivity contribution < 1.29 is 18.7 Å². The summed E-state index contributed by atoms with van der Waals surface area (Å²) < 4.78 is 24.5. The first kappa shape index (κ1) is 23.7. The van der Waals surface area contributed by atoms with Gasteiger partial charge in [-0.15, -0.1) is 0 Å². The topological polar surface area (TPSA) is 80.1 Å². The first-order chi connectivity index (χ1) is 15.2. The minimum absolute atomic E-state index is 0.266. The Labute approximate surface area is 189 Å². The molecule has 0 spiro atoms. The van der Waals surface area contributed by atoms with Crippen molar-refractivity contribution in [3.05, 3.63) is 53.3 Å². The summed E-state index contributed by atoms with van der Waals surface area (Å²) in [6.45, 7) is 8.81. The van der Waals surface area contributed by atoms with E-state index in [1.54, 1.807) is 18.1 Å². The zero-order valence-electron chi connectivity index (χ0n) is 19.3. The van der Waals surface area contributed by atoms with Crippen LogP contribution in [0.5, 0.6) is 5.75 Å². The van der Waals surface area contributed by atoms with Gasteiger partial charge in [-0.05, 0) is 38.5 Å². The summed E-state index contributed by atoms with van der Waals surface area (Å²) in [6.07, 6.45) is -0.292. The lowest BCUT2D eigenvalue weighted by molar-refractivity contribution is 0.0240. The maximum absolute atomic E-state index is 13.5. The predicted molar refractivity (Wildman–Crippen MR) is 125 cm³/mol. The fourth-order valence-corrected chi connectivity index (χ4v) is 3.70. The fourth-order valence-electron chi connectivity index (χ4n) is 3.70. The molecular weight excluding hydrogens is 411 g/mol. The lowest BCUT2D eigenvalue weighted by Gasteiger charge is -2.38. The van der Waals surface area contributed by atoms with Gasteiger partial charge in [0.05, 0.1) is 7.11 Å². The van der Waals surface area contributed by atoms with Crippen molar-refractivity contribution in [1.29, 1.82) is 0 Å². The van der Waals surface area contributed by atoms with E-state index in [0.717, 1.165) is 22.5 Å². The molecule has 0 unspecified atom stereocenters. The number of piperazine rings is 1. The number of hydrogen-bond acceptors (Lipinski definition) is 6. The van der Waals surface area contributed by atoms with Crippen LogP contribution < -0.4 is 20.7 Å². The highest BCUT2D eigenvalue weighted by Gasteiger charge is 2.27. The minimum atomic E-state index is -0.518. The number of halogens is 1. The quantitative estimate of drug-likeness (QED) is 0.702. The molecule has 0 aromatic heterocycles. The average molecular weight is 445 g/mol. The van der Waals surface area contributed by atoms with Crippen molar-refractivity contribution in [2.75, 3.05) is 43.5 Å². The lowest BCUT2D eigenvalue weighted by Crippen LogP contribution is -2.50. The van der Waals surface area contributed by atoms with Crippen molar-refractivity contribution in [1.82, 2.24) is 4.90 Å². The van der Waals surface area contributed by atoms with Crippen LogP contribution in [-0.4, -0.2) is 49.9 Å². The highest BCUT2D eigenvalue weighted by Crippen LogP contribution is 2.34. The maximum atomic E-state index is 13.5. The smallest absolute Gasteiger partial charge is 0.410 e. The Kier molecular flexibility index (Phi) is 7.45. The number of rotatable bonds is 6. The van der Waals surface area contributed by atoms with Gasteiger partial charge in [-0.1, -0.05) is 12.1 Å². The normalized spacial score (nSPS) is 14.3. The maximum Gasteiger partial charge on any atom is 0.410 e. The largest absolute Gasteiger partial charge is 0.497 e. The van der Waals surface area contributed by atoms with Gasteiger partial charge in [0.15, 0.2) is 0 Å². The molecule has 1 amide bonds. The minimum Gasteiger partial charge on any atom is -0.497 e. The molecule has 1 fully saturated rings. The molecule has 174 valence electrons. The van der Waals surface area contributed by atoms with Gasteiger partial charge in [-0.2, -0.15) is 0 Å². The van der Waals surface area contributed by atoms with Gasteiger partial charge in [-0.25, -0.2) is 9.18 Å². The predicted octanol–water partition coefficient (Wildman–Crippen LogP) is 3.96. The summed E-state index contributed by atoms with van der Waals surface area (Å²) >= 11 is 0. The van der Waals surface area contributed by atoms with Gasteiger partial charge in [0.2, 0.25) is 0 Å². The van der Waals surface area contributed by atoms with Crippen molar-refractivity contribution in [3.63, 3.8) is 0 Å². The van der Waals surface area contributed by atoms with Crippen molar-refractivity contribution in [2.24, 2.45) is 5.73 Å². The second-order valence-corrected chi connectivity index (χ2v) is 8.81. The third-order valence-electron chi connectivity index (χ3n) is 5.28. The standard InChI is InChI=1S/C24H33FN4O3/c1-24(2,3)32-23(30)29-10-8-28(9-11-29)22-14-19(31-4)13-21(20(22)15-26)27-16-17-6-5-7-18(25)12-17/h5-7,12-14,27H,8-11,15-16,26H2,1-4H3. The Balaban J connectivity index is 1.76. The molecule has 3 rings (SSSR count). The van der Waals surface area contributed by atoms with E-state index in [2.05, 4.69) is 10.2 Å². The van der Waals surface area contributed by atoms with Gasteiger partial charge in [0.25, 0.3) is 0 Å². The molecule has 7 nitrogen and oxygen atoms in total. The number of carbonyl (C=O) groups excluding carboxylic acids is 1. The van der Waals surface area contributed by atoms with E-state index >= 15 is 0 Å². The van der Waals surface area contributed by atoms with Gasteiger partial charge in [-0.3, -0.25) is 0 Å². The first-order valence-corrected chi connectivity index (χ1v) is 10.8. The summed E-state index contributed by atoms with van der Waals surface area (Å²) in [5.41, 5.74) is 9.22. The monoisotopic (exact) mass is 444 g/mol. The molecular formula is C24H33FN4O3. The van der Waals surface area contributed by atoms with E-state index in [9.17, 15) is 9.18 Å². The number of carbonyl (C=O) groups is 1. The number of methoxy groups -OCH3 is 1. The van der Waals surface area contributed by atoms with E-state index in [1.165, 1.54) is 12.1 Å². The van der Waals surface area contributed by atoms with E-state index in [-0.39, 0.29) is 11.9 Å². The van der Waals surface area contributed by atoms with Crippen LogP contribution in [0.25, 0.3) is 0 Å². The number of ether oxygens (including phenoxy) is 2. The van der Waals surface area contributed by atoms with Crippen LogP contribution in [0.4, 0.5) is 20.6 Å². The Bertz CT molecular complexity index is 937. The number of nitrogens with one attached hydrogen (secondary N) is 1. The van der Waals surface area contributed by atoms with Gasteiger partial charge in [0.1, 0.15) is 17.2 Å². The number of benzene rings is 2. The number of amides is 1. The van der Waals surface area contributed by atoms with Crippen LogP contribution in [0.15, 0.2) is 36.4 Å². The Morgan fingerprint density at radius 3 is 2.47 bits per heavy atom. The van der Waals surface area contributed by atoms with Gasteiger partial charge >= 0.3 is 6.09 Å². The molecule has 0 radical (unpaired) electrons. The Morgan fingerprint density at radius 2 is 1.88 bits per heavy atom. The summed E-state index contributed by atoms with van der Waals surface area (Å²) in [4.78, 5) is 16.3. The van der Waals surface area contributed by atoms with Gasteiger partial charge < -0.3 is 30.3 Å². The molecule has 0 atom stereocenters. The third-order valence-corrected chi connectivity index (χ3v) is 5.28. The van der Waals surface area contributed by atoms with Crippen LogP contribution in [-0.2, 0) is 17.8 Å². The molecule has 8 heteroatoms. The SMILES string of the molecule is COc1cc(NCc2cccc(F)c2)c(CN)c(N2CCN(C(=O)OC(C)(C)C)CC2)c1. The second kappa shape index (κ2) is 10.1. The van der Waals surface area contributed by atoms with Crippen LogP contribution in [0.1, 0.15) is 31.9 Å². The molecule has 32 heavy (non-hydrogen) atoms. The average Bonchev–Trinajstić information content (AvgIpc) is 2.76. The second-order valence-electron chi connectivity index (χ2n) is 8.81. The van der Waals surface area contributed by atoms with E-state index in [0.29, 0.717) is 45.0 Å². The summed E-state index contributed by atoms with van der Waals surface area (Å²) in [5, 5.41) is 3.38. The Hall–Kier alpha value is -3.00. The van der Waals surface area contributed by atoms with E-state index in [1.807, 2.05) is 39.0 Å². The molecule has 1 heterocycles. The van der Waals surface area contributed by atoms with E-state index < -0.39 is 5.60 Å². The zero-order valence-corrected chi connectivity index (χ0v) is 19.3. The van der Waals surface area contributed by atoms with Crippen molar-refractivity contribution >= 4 is 17.5 Å². The fraction of sp³-hybridized carbons (Fsp3) is 0.458. The first-order valence-electron chi connectivity index (χ1n) is 10.8. The number of nitrogens with zero attached hydrogens (tertiary/aromatic N) is 2. The molecule has 1 saturated heterocycles. The summed E-state index contributed by atoms with van der Waals surface area (Å²) in [5.74, 6) is 0.436. The summed E-state index contributed by atoms with van der Waals surface area (Å²) in [6, 6.07) is 10.4. The molecule has 1 aliphatic rings. The zero-order chi connectivity index (χ0) is 23.3. The van der Waals surface area contributed by atoms with Gasteiger partial charge in [0, 0.05) is 68.3 Å². The molecule has 0 bridgehead atoms.